The summed E-state index contributed by atoms with van der Waals surface area (Å²) in [6.45, 7) is 5.84. The van der Waals surface area contributed by atoms with Crippen LogP contribution in [0.25, 0.3) is 0 Å². The summed E-state index contributed by atoms with van der Waals surface area (Å²) in [6.07, 6.45) is 0. The van der Waals surface area contributed by atoms with Crippen LogP contribution in [0.15, 0.2) is 59.5 Å². The summed E-state index contributed by atoms with van der Waals surface area (Å²) in [5.41, 5.74) is 1.25. The van der Waals surface area contributed by atoms with E-state index >= 15 is 0 Å². The second-order valence-electron chi connectivity index (χ2n) is 6.07. The van der Waals surface area contributed by atoms with E-state index in [1.807, 2.05) is 25.1 Å². The number of rotatable bonds is 6. The highest BCUT2D eigenvalue weighted by molar-refractivity contribution is 7.89. The first-order chi connectivity index (χ1) is 12.1. The molecule has 5 nitrogen and oxygen atoms in total. The van der Waals surface area contributed by atoms with E-state index in [-0.39, 0.29) is 0 Å². The first kappa shape index (κ1) is 17.9. The largest absolute Gasteiger partial charge is 0.494 e. The molecule has 25 heavy (non-hydrogen) atoms. The predicted molar refractivity (Wildman–Crippen MR) is 98.1 cm³/mol. The van der Waals surface area contributed by atoms with Gasteiger partial charge in [-0.3, -0.25) is 4.90 Å². The molecular formula is C19H24N2O3S. The fourth-order valence-corrected chi connectivity index (χ4v) is 4.42. The van der Waals surface area contributed by atoms with Crippen LogP contribution in [-0.4, -0.2) is 50.4 Å². The average molecular weight is 360 g/mol. The Balaban J connectivity index is 1.61. The number of nitrogens with zero attached hydrogens (tertiary/aromatic N) is 2. The first-order valence-electron chi connectivity index (χ1n) is 8.59. The number of piperazine rings is 1. The Morgan fingerprint density at radius 3 is 2.16 bits per heavy atom. The lowest BCUT2D eigenvalue weighted by atomic mass is 10.2. The molecule has 0 saturated carbocycles. The van der Waals surface area contributed by atoms with Crippen LogP contribution in [-0.2, 0) is 16.6 Å². The van der Waals surface area contributed by atoms with Crippen LogP contribution in [0.2, 0.25) is 0 Å². The minimum atomic E-state index is -3.44. The molecule has 0 N–H and O–H groups in total. The molecule has 2 aromatic rings. The van der Waals surface area contributed by atoms with Gasteiger partial charge in [0, 0.05) is 32.7 Å². The Labute approximate surface area is 149 Å². The third-order valence-corrected chi connectivity index (χ3v) is 6.27. The van der Waals surface area contributed by atoms with Gasteiger partial charge in [0.2, 0.25) is 10.0 Å². The van der Waals surface area contributed by atoms with E-state index in [2.05, 4.69) is 17.0 Å². The van der Waals surface area contributed by atoms with E-state index in [9.17, 15) is 8.42 Å². The quantitative estimate of drug-likeness (QED) is 0.795. The predicted octanol–water partition coefficient (Wildman–Crippen LogP) is 2.59. The monoisotopic (exact) mass is 360 g/mol. The van der Waals surface area contributed by atoms with E-state index in [0.29, 0.717) is 30.3 Å². The van der Waals surface area contributed by atoms with Gasteiger partial charge in [-0.05, 0) is 36.8 Å². The van der Waals surface area contributed by atoms with Gasteiger partial charge in [-0.15, -0.1) is 0 Å². The molecule has 0 aliphatic carbocycles. The van der Waals surface area contributed by atoms with Gasteiger partial charge >= 0.3 is 0 Å². The van der Waals surface area contributed by atoms with Crippen LogP contribution < -0.4 is 4.74 Å². The van der Waals surface area contributed by atoms with Crippen LogP contribution in [0, 0.1) is 0 Å². The zero-order valence-electron chi connectivity index (χ0n) is 14.5. The van der Waals surface area contributed by atoms with Crippen LogP contribution in [0.3, 0.4) is 0 Å². The van der Waals surface area contributed by atoms with Gasteiger partial charge in [0.05, 0.1) is 11.5 Å². The lowest BCUT2D eigenvalue weighted by molar-refractivity contribution is 0.181. The topological polar surface area (TPSA) is 49.9 Å². The summed E-state index contributed by atoms with van der Waals surface area (Å²) < 4.78 is 32.5. The average Bonchev–Trinajstić information content (AvgIpc) is 2.64. The number of benzene rings is 2. The Kier molecular flexibility index (Phi) is 5.73. The molecule has 6 heteroatoms. The van der Waals surface area contributed by atoms with Crippen molar-refractivity contribution in [1.29, 1.82) is 0 Å². The van der Waals surface area contributed by atoms with E-state index in [1.165, 1.54) is 5.56 Å². The van der Waals surface area contributed by atoms with Crippen molar-refractivity contribution in [1.82, 2.24) is 9.21 Å². The first-order valence-corrected chi connectivity index (χ1v) is 10.0. The zero-order chi connectivity index (χ0) is 17.7. The normalized spacial score (nSPS) is 16.7. The van der Waals surface area contributed by atoms with Gasteiger partial charge in [0.25, 0.3) is 0 Å². The molecule has 2 aromatic carbocycles. The van der Waals surface area contributed by atoms with E-state index in [4.69, 9.17) is 4.74 Å². The number of hydrogen-bond acceptors (Lipinski definition) is 4. The van der Waals surface area contributed by atoms with Gasteiger partial charge in [-0.25, -0.2) is 8.42 Å². The SMILES string of the molecule is CCOc1ccc(S(=O)(=O)N2CCN(Cc3ccccc3)CC2)cc1. The van der Waals surface area contributed by atoms with Gasteiger partial charge < -0.3 is 4.74 Å². The molecule has 1 aliphatic rings. The molecule has 0 aromatic heterocycles. The number of hydrogen-bond donors (Lipinski definition) is 0. The molecule has 0 radical (unpaired) electrons. The summed E-state index contributed by atoms with van der Waals surface area (Å²) in [5.74, 6) is 0.689. The van der Waals surface area contributed by atoms with Crippen LogP contribution in [0.4, 0.5) is 0 Å². The fourth-order valence-electron chi connectivity index (χ4n) is 2.99. The van der Waals surface area contributed by atoms with Gasteiger partial charge in [-0.1, -0.05) is 30.3 Å². The minimum Gasteiger partial charge on any atom is -0.494 e. The molecule has 1 heterocycles. The highest BCUT2D eigenvalue weighted by Gasteiger charge is 2.28. The molecular weight excluding hydrogens is 336 g/mol. The lowest BCUT2D eigenvalue weighted by Crippen LogP contribution is -2.48. The van der Waals surface area contributed by atoms with Crippen molar-refractivity contribution in [2.24, 2.45) is 0 Å². The molecule has 0 atom stereocenters. The van der Waals surface area contributed by atoms with Gasteiger partial charge in [-0.2, -0.15) is 4.31 Å². The molecule has 1 saturated heterocycles. The van der Waals surface area contributed by atoms with E-state index in [0.717, 1.165) is 19.6 Å². The Bertz CT molecular complexity index is 768. The lowest BCUT2D eigenvalue weighted by Gasteiger charge is -2.34. The third-order valence-electron chi connectivity index (χ3n) is 4.35. The van der Waals surface area contributed by atoms with Crippen molar-refractivity contribution in [3.05, 3.63) is 60.2 Å². The molecule has 0 amide bonds. The highest BCUT2D eigenvalue weighted by Crippen LogP contribution is 2.21. The van der Waals surface area contributed by atoms with Crippen molar-refractivity contribution < 1.29 is 13.2 Å². The third kappa shape index (κ3) is 4.39. The minimum absolute atomic E-state index is 0.326. The number of ether oxygens (including phenoxy) is 1. The Morgan fingerprint density at radius 2 is 1.56 bits per heavy atom. The summed E-state index contributed by atoms with van der Waals surface area (Å²) >= 11 is 0. The zero-order valence-corrected chi connectivity index (χ0v) is 15.3. The Hall–Kier alpha value is -1.89. The molecule has 0 spiro atoms. The molecule has 0 unspecified atom stereocenters. The van der Waals surface area contributed by atoms with Gasteiger partial charge in [0.1, 0.15) is 5.75 Å². The van der Waals surface area contributed by atoms with Crippen LogP contribution >= 0.6 is 0 Å². The summed E-state index contributed by atoms with van der Waals surface area (Å²) in [5, 5.41) is 0. The van der Waals surface area contributed by atoms with Crippen LogP contribution in [0.5, 0.6) is 5.75 Å². The van der Waals surface area contributed by atoms with Crippen molar-refractivity contribution in [2.45, 2.75) is 18.4 Å². The maximum atomic E-state index is 12.8. The van der Waals surface area contributed by atoms with Crippen LogP contribution in [0.1, 0.15) is 12.5 Å². The van der Waals surface area contributed by atoms with Crippen molar-refractivity contribution in [3.8, 4) is 5.75 Å². The second-order valence-corrected chi connectivity index (χ2v) is 8.01. The van der Waals surface area contributed by atoms with Crippen molar-refractivity contribution in [2.75, 3.05) is 32.8 Å². The fraction of sp³-hybridized carbons (Fsp3) is 0.368. The van der Waals surface area contributed by atoms with Gasteiger partial charge in [0.15, 0.2) is 0 Å². The molecule has 1 aliphatic heterocycles. The second kappa shape index (κ2) is 7.99. The van der Waals surface area contributed by atoms with Crippen molar-refractivity contribution >= 4 is 10.0 Å². The maximum absolute atomic E-state index is 12.8. The number of sulfonamides is 1. The summed E-state index contributed by atoms with van der Waals surface area (Å²) in [7, 11) is -3.44. The highest BCUT2D eigenvalue weighted by atomic mass is 32.2. The van der Waals surface area contributed by atoms with Crippen molar-refractivity contribution in [3.63, 3.8) is 0 Å². The summed E-state index contributed by atoms with van der Waals surface area (Å²) in [6, 6.07) is 16.9. The van der Waals surface area contributed by atoms with E-state index in [1.54, 1.807) is 28.6 Å². The molecule has 0 bridgehead atoms. The maximum Gasteiger partial charge on any atom is 0.243 e. The molecule has 134 valence electrons. The summed E-state index contributed by atoms with van der Waals surface area (Å²) in [4.78, 5) is 2.62. The smallest absolute Gasteiger partial charge is 0.243 e. The Morgan fingerprint density at radius 1 is 0.920 bits per heavy atom. The standard InChI is InChI=1S/C19H24N2O3S/c1-2-24-18-8-10-19(11-9-18)25(22,23)21-14-12-20(13-15-21)16-17-6-4-3-5-7-17/h3-11H,2,12-16H2,1H3. The molecule has 3 rings (SSSR count). The molecule has 1 fully saturated rings. The van der Waals surface area contributed by atoms with E-state index < -0.39 is 10.0 Å².